The minimum absolute atomic E-state index is 0.113. The Kier molecular flexibility index (Phi) is 7.92. The van der Waals surface area contributed by atoms with Gasteiger partial charge in [0.1, 0.15) is 0 Å². The fraction of sp³-hybridized carbons (Fsp3) is 0.0377. The molecule has 4 nitrogen and oxygen atoms in total. The van der Waals surface area contributed by atoms with Gasteiger partial charge in [0, 0.05) is 45.0 Å². The smallest absolute Gasteiger partial charge is 0.221 e. The Balaban J connectivity index is 0.961. The van der Waals surface area contributed by atoms with Gasteiger partial charge in [-0.1, -0.05) is 133 Å². The summed E-state index contributed by atoms with van der Waals surface area (Å²) in [6.45, 7) is 0. The molecule has 1 aromatic heterocycles. The van der Waals surface area contributed by atoms with E-state index in [1.807, 2.05) is 30.3 Å². The molecule has 2 unspecified atom stereocenters. The first-order valence-corrected chi connectivity index (χ1v) is 19.5. The van der Waals surface area contributed by atoms with Crippen LogP contribution in [0.25, 0.3) is 44.2 Å². The standard InChI is InChI=1S/C53H37N3O/c1-4-12-36(13-5-1)37-20-26-43(27-21-37)55(45-30-33-51-48(35-45)47-18-10-11-19-50(47)56(51)42-16-8-3-9-17-42)44-28-22-38(23-29-44)40-24-31-46-41(34-40)25-32-49-52(46)57-53(54-49)39-14-6-2-7-15-39/h1-35,46,52H. The highest BCUT2D eigenvalue weighted by Crippen LogP contribution is 2.42. The van der Waals surface area contributed by atoms with Crippen LogP contribution in [0.2, 0.25) is 0 Å². The highest BCUT2D eigenvalue weighted by molar-refractivity contribution is 6.10. The van der Waals surface area contributed by atoms with Crippen LogP contribution in [0.4, 0.5) is 17.1 Å². The molecule has 0 saturated heterocycles. The van der Waals surface area contributed by atoms with E-state index in [1.165, 1.54) is 49.6 Å². The Labute approximate surface area is 332 Å². The molecule has 57 heavy (non-hydrogen) atoms. The molecule has 2 heterocycles. The maximum atomic E-state index is 6.45. The summed E-state index contributed by atoms with van der Waals surface area (Å²) >= 11 is 0. The van der Waals surface area contributed by atoms with Gasteiger partial charge in [-0.2, -0.15) is 0 Å². The zero-order valence-corrected chi connectivity index (χ0v) is 31.1. The van der Waals surface area contributed by atoms with Crippen molar-refractivity contribution in [1.29, 1.82) is 0 Å². The normalized spacial score (nSPS) is 16.9. The molecule has 3 aliphatic rings. The largest absolute Gasteiger partial charge is 0.466 e. The molecule has 7 aromatic carbocycles. The van der Waals surface area contributed by atoms with Crippen LogP contribution in [-0.4, -0.2) is 16.6 Å². The second kappa shape index (κ2) is 13.7. The van der Waals surface area contributed by atoms with Crippen molar-refractivity contribution in [2.75, 3.05) is 4.90 Å². The maximum absolute atomic E-state index is 6.45. The quantitative estimate of drug-likeness (QED) is 0.163. The lowest BCUT2D eigenvalue weighted by Gasteiger charge is -2.28. The monoisotopic (exact) mass is 731 g/mol. The number of aliphatic imine (C=N–C) groups is 1. The van der Waals surface area contributed by atoms with Crippen LogP contribution in [0.3, 0.4) is 0 Å². The summed E-state index contributed by atoms with van der Waals surface area (Å²) in [6.07, 6.45) is 11.0. The van der Waals surface area contributed by atoms with E-state index in [0.717, 1.165) is 34.0 Å². The molecule has 0 fully saturated rings. The second-order valence-corrected chi connectivity index (χ2v) is 14.7. The van der Waals surface area contributed by atoms with Crippen molar-refractivity contribution in [3.8, 4) is 16.8 Å². The number of ether oxygens (including phenoxy) is 1. The zero-order chi connectivity index (χ0) is 37.7. The molecule has 11 rings (SSSR count). The lowest BCUT2D eigenvalue weighted by Crippen LogP contribution is -2.26. The van der Waals surface area contributed by atoms with E-state index in [0.29, 0.717) is 5.90 Å². The predicted molar refractivity (Wildman–Crippen MR) is 236 cm³/mol. The van der Waals surface area contributed by atoms with Crippen LogP contribution in [-0.2, 0) is 4.74 Å². The Morgan fingerprint density at radius 2 is 1.11 bits per heavy atom. The molecule has 8 aromatic rings. The third-order valence-electron chi connectivity index (χ3n) is 11.4. The summed E-state index contributed by atoms with van der Waals surface area (Å²) in [5, 5.41) is 2.44. The first kappa shape index (κ1) is 33.0. The average Bonchev–Trinajstić information content (AvgIpc) is 3.88. The van der Waals surface area contributed by atoms with E-state index in [-0.39, 0.29) is 12.0 Å². The average molecular weight is 732 g/mol. The lowest BCUT2D eigenvalue weighted by molar-refractivity contribution is 0.212. The Bertz CT molecular complexity index is 2950. The van der Waals surface area contributed by atoms with Gasteiger partial charge in [-0.05, 0) is 107 Å². The summed E-state index contributed by atoms with van der Waals surface area (Å²) in [4.78, 5) is 7.21. The number of para-hydroxylation sites is 2. The number of allylic oxidation sites excluding steroid dienone is 5. The number of rotatable bonds is 7. The third-order valence-corrected chi connectivity index (χ3v) is 11.4. The van der Waals surface area contributed by atoms with Crippen LogP contribution in [0.5, 0.6) is 0 Å². The Morgan fingerprint density at radius 3 is 1.84 bits per heavy atom. The minimum Gasteiger partial charge on any atom is -0.466 e. The van der Waals surface area contributed by atoms with Crippen molar-refractivity contribution in [3.05, 3.63) is 235 Å². The molecular weight excluding hydrogens is 695 g/mol. The summed E-state index contributed by atoms with van der Waals surface area (Å²) in [5.41, 5.74) is 14.8. The van der Waals surface area contributed by atoms with Gasteiger partial charge < -0.3 is 14.2 Å². The van der Waals surface area contributed by atoms with Crippen LogP contribution in [0.1, 0.15) is 11.1 Å². The van der Waals surface area contributed by atoms with Gasteiger partial charge in [-0.3, -0.25) is 0 Å². The molecule has 0 bridgehead atoms. The molecule has 2 aliphatic carbocycles. The van der Waals surface area contributed by atoms with E-state index < -0.39 is 0 Å². The summed E-state index contributed by atoms with van der Waals surface area (Å²) in [6, 6.07) is 64.8. The van der Waals surface area contributed by atoms with Crippen molar-refractivity contribution in [1.82, 2.24) is 4.57 Å². The van der Waals surface area contributed by atoms with Crippen LogP contribution >= 0.6 is 0 Å². The SMILES string of the molecule is C1=CC2C(=CC=C3N=C(c4ccccc4)OC32)C=C1c1ccc(N(c2ccc(-c3ccccc3)cc2)c2ccc3c(c2)c2ccccc2n3-c2ccccc2)cc1. The number of aromatic nitrogens is 1. The lowest BCUT2D eigenvalue weighted by atomic mass is 9.81. The fourth-order valence-electron chi connectivity index (χ4n) is 8.57. The van der Waals surface area contributed by atoms with E-state index in [1.54, 1.807) is 0 Å². The molecule has 0 N–H and O–H groups in total. The van der Waals surface area contributed by atoms with Gasteiger partial charge >= 0.3 is 0 Å². The van der Waals surface area contributed by atoms with Gasteiger partial charge in [-0.15, -0.1) is 0 Å². The summed E-state index contributed by atoms with van der Waals surface area (Å²) < 4.78 is 8.81. The predicted octanol–water partition coefficient (Wildman–Crippen LogP) is 13.2. The Morgan fingerprint density at radius 1 is 0.509 bits per heavy atom. The van der Waals surface area contributed by atoms with Gasteiger partial charge in [0.05, 0.1) is 16.7 Å². The Hall–Kier alpha value is -7.43. The minimum atomic E-state index is -0.113. The van der Waals surface area contributed by atoms with E-state index >= 15 is 0 Å². The first-order valence-electron chi connectivity index (χ1n) is 19.5. The van der Waals surface area contributed by atoms with Crippen molar-refractivity contribution in [2.45, 2.75) is 6.10 Å². The molecule has 0 saturated carbocycles. The van der Waals surface area contributed by atoms with Crippen molar-refractivity contribution in [3.63, 3.8) is 0 Å². The number of benzene rings is 7. The first-order chi connectivity index (χ1) is 28.2. The van der Waals surface area contributed by atoms with E-state index in [9.17, 15) is 0 Å². The molecule has 0 amide bonds. The van der Waals surface area contributed by atoms with Gasteiger partial charge in [0.2, 0.25) is 5.90 Å². The highest BCUT2D eigenvalue weighted by atomic mass is 16.5. The fourth-order valence-corrected chi connectivity index (χ4v) is 8.57. The van der Waals surface area contributed by atoms with E-state index in [4.69, 9.17) is 9.73 Å². The van der Waals surface area contributed by atoms with Crippen LogP contribution < -0.4 is 4.90 Å². The molecule has 0 spiro atoms. The van der Waals surface area contributed by atoms with Gasteiger partial charge in [0.15, 0.2) is 6.10 Å². The number of hydrogen-bond acceptors (Lipinski definition) is 3. The number of nitrogens with zero attached hydrogens (tertiary/aromatic N) is 3. The van der Waals surface area contributed by atoms with Crippen molar-refractivity contribution >= 4 is 50.3 Å². The number of anilines is 3. The molecular formula is C53H37N3O. The van der Waals surface area contributed by atoms with Crippen molar-refractivity contribution < 1.29 is 4.74 Å². The maximum Gasteiger partial charge on any atom is 0.221 e. The zero-order valence-electron chi connectivity index (χ0n) is 31.1. The third kappa shape index (κ3) is 5.82. The molecule has 0 radical (unpaired) electrons. The number of fused-ring (bicyclic) bond motifs is 6. The second-order valence-electron chi connectivity index (χ2n) is 14.7. The molecule has 270 valence electrons. The summed E-state index contributed by atoms with van der Waals surface area (Å²) in [5.74, 6) is 0.815. The molecule has 1 aliphatic heterocycles. The number of hydrogen-bond donors (Lipinski definition) is 0. The molecule has 4 heteroatoms. The van der Waals surface area contributed by atoms with Crippen LogP contribution in [0, 0.1) is 5.92 Å². The topological polar surface area (TPSA) is 29.8 Å². The van der Waals surface area contributed by atoms with Gasteiger partial charge in [-0.25, -0.2) is 4.99 Å². The summed E-state index contributed by atoms with van der Waals surface area (Å²) in [7, 11) is 0. The molecule has 2 atom stereocenters. The highest BCUT2D eigenvalue weighted by Gasteiger charge is 2.36. The van der Waals surface area contributed by atoms with Crippen LogP contribution in [0.15, 0.2) is 229 Å². The van der Waals surface area contributed by atoms with Gasteiger partial charge in [0.25, 0.3) is 0 Å². The van der Waals surface area contributed by atoms with E-state index in [2.05, 4.69) is 192 Å². The van der Waals surface area contributed by atoms with Crippen molar-refractivity contribution in [2.24, 2.45) is 10.9 Å².